The predicted octanol–water partition coefficient (Wildman–Crippen LogP) is 2.96. The van der Waals surface area contributed by atoms with Gasteiger partial charge in [0.2, 0.25) is 0 Å². The van der Waals surface area contributed by atoms with Crippen molar-refractivity contribution in [2.75, 3.05) is 0 Å². The fourth-order valence-electron chi connectivity index (χ4n) is 1.62. The van der Waals surface area contributed by atoms with Gasteiger partial charge in [0.15, 0.2) is 0 Å². The van der Waals surface area contributed by atoms with Crippen LogP contribution in [0.2, 0.25) is 0 Å². The minimum Gasteiger partial charge on any atom is -0.271 e. The Morgan fingerprint density at radius 1 is 1.53 bits per heavy atom. The Morgan fingerprint density at radius 2 is 2.35 bits per heavy atom. The van der Waals surface area contributed by atoms with Gasteiger partial charge in [0.25, 0.3) is 0 Å². The van der Waals surface area contributed by atoms with Gasteiger partial charge in [-0.2, -0.15) is 0 Å². The summed E-state index contributed by atoms with van der Waals surface area (Å²) in [5.74, 6) is 5.63. The molecule has 3 N–H and O–H groups in total. The van der Waals surface area contributed by atoms with Crippen LogP contribution in [0.1, 0.15) is 22.2 Å². The highest BCUT2D eigenvalue weighted by atomic mass is 79.9. The Balaban J connectivity index is 2.17. The molecule has 3 nitrogen and oxygen atoms in total. The van der Waals surface area contributed by atoms with E-state index in [2.05, 4.69) is 39.3 Å². The summed E-state index contributed by atoms with van der Waals surface area (Å²) in [5.41, 5.74) is 5.14. The van der Waals surface area contributed by atoms with E-state index in [4.69, 9.17) is 5.84 Å². The van der Waals surface area contributed by atoms with Gasteiger partial charge in [-0.25, -0.2) is 0 Å². The number of hydrogen-bond donors (Lipinski definition) is 2. The maximum absolute atomic E-state index is 5.63. The monoisotopic (exact) mass is 311 g/mol. The van der Waals surface area contributed by atoms with Gasteiger partial charge in [-0.15, -0.1) is 11.3 Å². The highest BCUT2D eigenvalue weighted by Gasteiger charge is 2.14. The number of thiophene rings is 1. The van der Waals surface area contributed by atoms with Crippen LogP contribution in [0.3, 0.4) is 0 Å². The van der Waals surface area contributed by atoms with Crippen LogP contribution in [0.4, 0.5) is 0 Å². The largest absolute Gasteiger partial charge is 0.271 e. The Kier molecular flexibility index (Phi) is 4.28. The molecular weight excluding hydrogens is 298 g/mol. The smallest absolute Gasteiger partial charge is 0.0731 e. The van der Waals surface area contributed by atoms with E-state index >= 15 is 0 Å². The van der Waals surface area contributed by atoms with Crippen LogP contribution in [0.15, 0.2) is 34.2 Å². The third kappa shape index (κ3) is 3.13. The lowest BCUT2D eigenvalue weighted by Gasteiger charge is -2.13. The first-order valence-electron chi connectivity index (χ1n) is 5.32. The van der Waals surface area contributed by atoms with Crippen LogP contribution in [-0.2, 0) is 6.42 Å². The Labute approximate surface area is 113 Å². The zero-order chi connectivity index (χ0) is 12.3. The predicted molar refractivity (Wildman–Crippen MR) is 74.8 cm³/mol. The second-order valence-electron chi connectivity index (χ2n) is 3.85. The van der Waals surface area contributed by atoms with Crippen molar-refractivity contribution in [1.29, 1.82) is 0 Å². The molecular formula is C12H14BrN3S. The third-order valence-electron chi connectivity index (χ3n) is 2.56. The Bertz CT molecular complexity index is 464. The van der Waals surface area contributed by atoms with E-state index < -0.39 is 0 Å². The number of rotatable bonds is 4. The number of hydrogen-bond acceptors (Lipinski definition) is 4. The molecule has 2 aromatic heterocycles. The zero-order valence-electron chi connectivity index (χ0n) is 9.48. The molecule has 0 aromatic carbocycles. The molecule has 0 aliphatic heterocycles. The van der Waals surface area contributed by atoms with Crippen LogP contribution < -0.4 is 11.3 Å². The Hall–Kier alpha value is -0.750. The van der Waals surface area contributed by atoms with Crippen LogP contribution in [-0.4, -0.2) is 4.98 Å². The molecule has 0 saturated heterocycles. The standard InChI is InChI=1S/C12H14BrN3S/c1-8-6-11(17-12(8)13)10(16-14)7-9-4-2-3-5-15-9/h2-6,10,16H,7,14H2,1H3. The molecule has 5 heteroatoms. The lowest BCUT2D eigenvalue weighted by atomic mass is 10.1. The molecule has 0 fully saturated rings. The topological polar surface area (TPSA) is 50.9 Å². The van der Waals surface area contributed by atoms with E-state index in [9.17, 15) is 0 Å². The summed E-state index contributed by atoms with van der Waals surface area (Å²) in [5, 5.41) is 0. The fraction of sp³-hybridized carbons (Fsp3) is 0.250. The van der Waals surface area contributed by atoms with Gasteiger partial charge in [0.05, 0.1) is 9.83 Å². The van der Waals surface area contributed by atoms with E-state index in [0.29, 0.717) is 0 Å². The molecule has 2 rings (SSSR count). The SMILES string of the molecule is Cc1cc(C(Cc2ccccn2)NN)sc1Br. The van der Waals surface area contributed by atoms with Crippen molar-refractivity contribution in [1.82, 2.24) is 10.4 Å². The van der Waals surface area contributed by atoms with Crippen molar-refractivity contribution in [3.63, 3.8) is 0 Å². The van der Waals surface area contributed by atoms with Crippen molar-refractivity contribution < 1.29 is 0 Å². The van der Waals surface area contributed by atoms with E-state index in [-0.39, 0.29) is 6.04 Å². The van der Waals surface area contributed by atoms with E-state index in [0.717, 1.165) is 15.9 Å². The molecule has 2 aromatic rings. The molecule has 0 bridgehead atoms. The first-order valence-corrected chi connectivity index (χ1v) is 6.93. The van der Waals surface area contributed by atoms with Crippen LogP contribution in [0.5, 0.6) is 0 Å². The lowest BCUT2D eigenvalue weighted by Crippen LogP contribution is -2.29. The number of pyridine rings is 1. The van der Waals surface area contributed by atoms with E-state index in [1.165, 1.54) is 10.4 Å². The quantitative estimate of drug-likeness (QED) is 0.674. The van der Waals surface area contributed by atoms with E-state index in [1.807, 2.05) is 18.2 Å². The molecule has 1 unspecified atom stereocenters. The molecule has 90 valence electrons. The van der Waals surface area contributed by atoms with Gasteiger partial charge in [-0.1, -0.05) is 6.07 Å². The number of hydrazine groups is 1. The average molecular weight is 312 g/mol. The van der Waals surface area contributed by atoms with Gasteiger partial charge in [0, 0.05) is 23.2 Å². The summed E-state index contributed by atoms with van der Waals surface area (Å²) in [4.78, 5) is 5.54. The summed E-state index contributed by atoms with van der Waals surface area (Å²) in [6.45, 7) is 2.08. The van der Waals surface area contributed by atoms with Crippen molar-refractivity contribution in [3.8, 4) is 0 Å². The van der Waals surface area contributed by atoms with Crippen LogP contribution in [0, 0.1) is 6.92 Å². The minimum absolute atomic E-state index is 0.111. The first-order chi connectivity index (χ1) is 8.20. The van der Waals surface area contributed by atoms with Crippen LogP contribution in [0.25, 0.3) is 0 Å². The number of nitrogens with one attached hydrogen (secondary N) is 1. The normalized spacial score (nSPS) is 12.6. The number of aryl methyl sites for hydroxylation is 1. The summed E-state index contributed by atoms with van der Waals surface area (Å²) < 4.78 is 1.16. The number of halogens is 1. The van der Waals surface area contributed by atoms with E-state index in [1.54, 1.807) is 17.5 Å². The fourth-order valence-corrected chi connectivity index (χ4v) is 3.26. The molecule has 0 spiro atoms. The summed E-state index contributed by atoms with van der Waals surface area (Å²) in [6.07, 6.45) is 2.60. The van der Waals surface area contributed by atoms with Crippen molar-refractivity contribution in [2.24, 2.45) is 5.84 Å². The number of nitrogens with two attached hydrogens (primary N) is 1. The summed E-state index contributed by atoms with van der Waals surface area (Å²) >= 11 is 5.25. The van der Waals surface area contributed by atoms with Gasteiger partial charge < -0.3 is 0 Å². The van der Waals surface area contributed by atoms with Crippen molar-refractivity contribution in [3.05, 3.63) is 50.4 Å². The van der Waals surface area contributed by atoms with Gasteiger partial charge in [-0.05, 0) is 46.6 Å². The first kappa shape index (κ1) is 12.7. The maximum atomic E-state index is 5.63. The molecule has 0 aliphatic carbocycles. The highest BCUT2D eigenvalue weighted by Crippen LogP contribution is 2.32. The molecule has 0 saturated carbocycles. The van der Waals surface area contributed by atoms with Crippen molar-refractivity contribution >= 4 is 27.3 Å². The molecule has 0 radical (unpaired) electrons. The number of nitrogens with zero attached hydrogens (tertiary/aromatic N) is 1. The van der Waals surface area contributed by atoms with Gasteiger partial charge >= 0.3 is 0 Å². The molecule has 1 atom stereocenters. The second-order valence-corrected chi connectivity index (χ2v) is 6.25. The maximum Gasteiger partial charge on any atom is 0.0731 e. The highest BCUT2D eigenvalue weighted by molar-refractivity contribution is 9.11. The molecule has 17 heavy (non-hydrogen) atoms. The summed E-state index contributed by atoms with van der Waals surface area (Å²) in [7, 11) is 0. The molecule has 0 amide bonds. The number of aromatic nitrogens is 1. The molecule has 0 aliphatic rings. The zero-order valence-corrected chi connectivity index (χ0v) is 11.9. The van der Waals surface area contributed by atoms with Gasteiger partial charge in [-0.3, -0.25) is 16.3 Å². The second kappa shape index (κ2) is 5.73. The lowest BCUT2D eigenvalue weighted by molar-refractivity contribution is 0.554. The Morgan fingerprint density at radius 3 is 2.88 bits per heavy atom. The van der Waals surface area contributed by atoms with Crippen molar-refractivity contribution in [2.45, 2.75) is 19.4 Å². The third-order valence-corrected chi connectivity index (χ3v) is 4.81. The minimum atomic E-state index is 0.111. The molecule has 2 heterocycles. The van der Waals surface area contributed by atoms with Gasteiger partial charge in [0.1, 0.15) is 0 Å². The summed E-state index contributed by atoms with van der Waals surface area (Å²) in [6, 6.07) is 8.19. The average Bonchev–Trinajstić information content (AvgIpc) is 2.68. The van der Waals surface area contributed by atoms with Crippen LogP contribution >= 0.6 is 27.3 Å².